The molecule has 6 nitrogen and oxygen atoms in total. The van der Waals surface area contributed by atoms with Crippen LogP contribution in [0, 0.1) is 6.92 Å². The van der Waals surface area contributed by atoms with Crippen molar-refractivity contribution in [3.05, 3.63) is 82.9 Å². The van der Waals surface area contributed by atoms with E-state index < -0.39 is 20.0 Å². The Bertz CT molecular complexity index is 1340. The number of fused-ring (bicyclic) bond motifs is 1. The normalized spacial score (nSPS) is 14.2. The molecule has 0 saturated heterocycles. The summed E-state index contributed by atoms with van der Waals surface area (Å²) >= 11 is 6.05. The van der Waals surface area contributed by atoms with Crippen LogP contribution in [0.2, 0.25) is 5.02 Å². The van der Waals surface area contributed by atoms with Crippen molar-refractivity contribution in [1.82, 2.24) is 0 Å². The summed E-state index contributed by atoms with van der Waals surface area (Å²) in [7, 11) is -7.71. The Morgan fingerprint density at radius 3 is 2.35 bits per heavy atom. The Labute approximate surface area is 187 Å². The number of hydrogen-bond donors (Lipinski definition) is 1. The fourth-order valence-corrected chi connectivity index (χ4v) is 6.67. The lowest BCUT2D eigenvalue weighted by atomic mass is 10.0. The predicted octanol–water partition coefficient (Wildman–Crippen LogP) is 4.59. The van der Waals surface area contributed by atoms with Crippen molar-refractivity contribution in [1.29, 1.82) is 0 Å². The van der Waals surface area contributed by atoms with Gasteiger partial charge in [0.25, 0.3) is 20.0 Å². The molecular weight excluding hydrogens is 456 g/mol. The topological polar surface area (TPSA) is 83.6 Å². The third-order valence-corrected chi connectivity index (χ3v) is 8.86. The highest BCUT2D eigenvalue weighted by molar-refractivity contribution is 7.93. The van der Waals surface area contributed by atoms with Crippen molar-refractivity contribution in [2.75, 3.05) is 15.6 Å². The van der Waals surface area contributed by atoms with Crippen LogP contribution >= 0.6 is 11.6 Å². The summed E-state index contributed by atoms with van der Waals surface area (Å²) < 4.78 is 56.0. The molecule has 0 spiro atoms. The van der Waals surface area contributed by atoms with Gasteiger partial charge < -0.3 is 0 Å². The predicted molar refractivity (Wildman–Crippen MR) is 123 cm³/mol. The minimum absolute atomic E-state index is 0.0430. The van der Waals surface area contributed by atoms with Crippen LogP contribution in [0.25, 0.3) is 0 Å². The summed E-state index contributed by atoms with van der Waals surface area (Å²) in [5, 5.41) is 0.108. The van der Waals surface area contributed by atoms with Crippen LogP contribution in [0.4, 0.5) is 11.4 Å². The van der Waals surface area contributed by atoms with E-state index in [-0.39, 0.29) is 20.5 Å². The zero-order chi connectivity index (χ0) is 22.2. The third-order valence-electron chi connectivity index (χ3n) is 5.15. The van der Waals surface area contributed by atoms with Gasteiger partial charge in [0.15, 0.2) is 0 Å². The van der Waals surface area contributed by atoms with Gasteiger partial charge in [-0.2, -0.15) is 0 Å². The van der Waals surface area contributed by atoms with Crippen LogP contribution in [0.15, 0.2) is 76.5 Å². The van der Waals surface area contributed by atoms with Crippen LogP contribution in [-0.4, -0.2) is 23.4 Å². The lowest BCUT2D eigenvalue weighted by molar-refractivity contribution is 0.586. The van der Waals surface area contributed by atoms with Crippen molar-refractivity contribution in [3.63, 3.8) is 0 Å². The molecule has 31 heavy (non-hydrogen) atoms. The molecule has 0 radical (unpaired) electrons. The molecule has 1 N–H and O–H groups in total. The molecule has 0 saturated carbocycles. The maximum atomic E-state index is 13.3. The number of sulfonamides is 2. The summed E-state index contributed by atoms with van der Waals surface area (Å²) in [5.74, 6) is 0. The highest BCUT2D eigenvalue weighted by atomic mass is 35.5. The third kappa shape index (κ3) is 4.28. The Morgan fingerprint density at radius 2 is 1.65 bits per heavy atom. The molecule has 1 aliphatic rings. The minimum atomic E-state index is -3.93. The first-order chi connectivity index (χ1) is 14.7. The largest absolute Gasteiger partial charge is 0.280 e. The van der Waals surface area contributed by atoms with Crippen molar-refractivity contribution in [3.8, 4) is 0 Å². The highest BCUT2D eigenvalue weighted by Crippen LogP contribution is 2.35. The second kappa shape index (κ2) is 8.18. The first-order valence-corrected chi connectivity index (χ1v) is 13.0. The molecule has 1 heterocycles. The monoisotopic (exact) mass is 476 g/mol. The number of nitrogens with zero attached hydrogens (tertiary/aromatic N) is 1. The van der Waals surface area contributed by atoms with E-state index in [0.717, 1.165) is 11.1 Å². The Hall–Kier alpha value is -2.55. The lowest BCUT2D eigenvalue weighted by Gasteiger charge is -2.31. The van der Waals surface area contributed by atoms with Crippen molar-refractivity contribution < 1.29 is 16.8 Å². The molecule has 0 bridgehead atoms. The first-order valence-electron chi connectivity index (χ1n) is 9.68. The van der Waals surface area contributed by atoms with Gasteiger partial charge in [-0.25, -0.2) is 16.8 Å². The van der Waals surface area contributed by atoms with E-state index in [2.05, 4.69) is 4.72 Å². The van der Waals surface area contributed by atoms with Crippen LogP contribution in [0.3, 0.4) is 0 Å². The zero-order valence-corrected chi connectivity index (χ0v) is 19.1. The van der Waals surface area contributed by atoms with Crippen LogP contribution in [0.5, 0.6) is 0 Å². The summed E-state index contributed by atoms with van der Waals surface area (Å²) in [6.07, 6.45) is 1.40. The molecule has 162 valence electrons. The van der Waals surface area contributed by atoms with Gasteiger partial charge in [0.1, 0.15) is 4.90 Å². The van der Waals surface area contributed by atoms with Crippen LogP contribution in [-0.2, 0) is 26.5 Å². The van der Waals surface area contributed by atoms with Gasteiger partial charge in [0.05, 0.1) is 21.3 Å². The fourth-order valence-electron chi connectivity index (χ4n) is 3.56. The molecule has 0 unspecified atom stereocenters. The maximum absolute atomic E-state index is 13.3. The van der Waals surface area contributed by atoms with Gasteiger partial charge in [0.2, 0.25) is 0 Å². The van der Waals surface area contributed by atoms with Gasteiger partial charge in [0, 0.05) is 6.54 Å². The van der Waals surface area contributed by atoms with Crippen LogP contribution < -0.4 is 9.03 Å². The molecular formula is C22H21ClN2O4S2. The molecule has 1 aliphatic heterocycles. The molecule has 4 rings (SSSR count). The smallest absolute Gasteiger partial charge is 0.264 e. The molecule has 3 aromatic carbocycles. The maximum Gasteiger partial charge on any atom is 0.264 e. The summed E-state index contributed by atoms with van der Waals surface area (Å²) in [4.78, 5) is 0.159. The average Bonchev–Trinajstić information content (AvgIpc) is 2.73. The molecule has 3 aromatic rings. The standard InChI is InChI=1S/C22H21ClN2O4S2/c1-16-8-12-19(13-9-16)31(28,29)25-14-4-5-17-10-11-18(15-21(17)25)24-30(26,27)22-7-3-2-6-20(22)23/h2-3,6-13,15,24H,4-5,14H2,1H3. The van der Waals surface area contributed by atoms with E-state index in [1.807, 2.05) is 6.92 Å². The van der Waals surface area contributed by atoms with Gasteiger partial charge in [-0.15, -0.1) is 0 Å². The van der Waals surface area contributed by atoms with E-state index in [1.165, 1.54) is 16.4 Å². The second-order valence-corrected chi connectivity index (χ2v) is 11.3. The number of rotatable bonds is 5. The van der Waals surface area contributed by atoms with Gasteiger partial charge in [-0.1, -0.05) is 47.5 Å². The van der Waals surface area contributed by atoms with Crippen LogP contribution in [0.1, 0.15) is 17.5 Å². The molecule has 9 heteroatoms. The Balaban J connectivity index is 1.72. The van der Waals surface area contributed by atoms with E-state index in [0.29, 0.717) is 25.1 Å². The second-order valence-electron chi connectivity index (χ2n) is 7.37. The van der Waals surface area contributed by atoms with E-state index in [4.69, 9.17) is 11.6 Å². The van der Waals surface area contributed by atoms with E-state index >= 15 is 0 Å². The van der Waals surface area contributed by atoms with Crippen molar-refractivity contribution in [2.24, 2.45) is 0 Å². The molecule has 0 aliphatic carbocycles. The Morgan fingerprint density at radius 1 is 0.935 bits per heavy atom. The number of benzene rings is 3. The quantitative estimate of drug-likeness (QED) is 0.583. The number of aryl methyl sites for hydroxylation is 2. The number of nitrogens with one attached hydrogen (secondary N) is 1. The summed E-state index contributed by atoms with van der Waals surface area (Å²) in [6, 6.07) is 17.8. The number of anilines is 2. The van der Waals surface area contributed by atoms with Crippen molar-refractivity contribution in [2.45, 2.75) is 29.6 Å². The molecule has 0 aromatic heterocycles. The highest BCUT2D eigenvalue weighted by Gasteiger charge is 2.29. The minimum Gasteiger partial charge on any atom is -0.280 e. The molecule has 0 amide bonds. The summed E-state index contributed by atoms with van der Waals surface area (Å²) in [5.41, 5.74) is 2.56. The first kappa shape index (κ1) is 21.7. The van der Waals surface area contributed by atoms with Crippen molar-refractivity contribution >= 4 is 43.0 Å². The Kier molecular flexibility index (Phi) is 5.72. The SMILES string of the molecule is Cc1ccc(S(=O)(=O)N2CCCc3ccc(NS(=O)(=O)c4ccccc4Cl)cc32)cc1. The molecule has 0 atom stereocenters. The number of halogens is 1. The average molecular weight is 477 g/mol. The lowest BCUT2D eigenvalue weighted by Crippen LogP contribution is -2.35. The zero-order valence-electron chi connectivity index (χ0n) is 16.7. The van der Waals surface area contributed by atoms with Gasteiger partial charge >= 0.3 is 0 Å². The van der Waals surface area contributed by atoms with E-state index in [9.17, 15) is 16.8 Å². The number of hydrogen-bond acceptors (Lipinski definition) is 4. The summed E-state index contributed by atoms with van der Waals surface area (Å²) in [6.45, 7) is 2.22. The van der Waals surface area contributed by atoms with Gasteiger partial charge in [-0.05, 0) is 61.7 Å². The van der Waals surface area contributed by atoms with E-state index in [1.54, 1.807) is 54.6 Å². The molecule has 0 fully saturated rings. The fraction of sp³-hybridized carbons (Fsp3) is 0.182. The van der Waals surface area contributed by atoms with Gasteiger partial charge in [-0.3, -0.25) is 9.03 Å².